The fourth-order valence-electron chi connectivity index (χ4n) is 3.02. The van der Waals surface area contributed by atoms with Crippen LogP contribution in [0.15, 0.2) is 18.2 Å². The maximum absolute atomic E-state index is 12.4. The van der Waals surface area contributed by atoms with Gasteiger partial charge in [0.15, 0.2) is 0 Å². The molecule has 3 N–H and O–H groups in total. The standard InChI is InChI=1S/C16H21NO4/c1-10-6-5-8-12(13(10)18)14(19)17-16(15(20)21)9-4-3-7-11(16)2/h5-6,8,11,18H,3-4,7,9H2,1-2H3,(H,17,19)(H,20,21). The Kier molecular flexibility index (Phi) is 4.21. The Bertz CT molecular complexity index is 569. The molecule has 0 radical (unpaired) electrons. The Morgan fingerprint density at radius 1 is 1.33 bits per heavy atom. The highest BCUT2D eigenvalue weighted by molar-refractivity contribution is 6.00. The third-order valence-corrected chi connectivity index (χ3v) is 4.50. The molecule has 1 aliphatic carbocycles. The van der Waals surface area contributed by atoms with Crippen molar-refractivity contribution in [2.45, 2.75) is 45.1 Å². The summed E-state index contributed by atoms with van der Waals surface area (Å²) in [6.45, 7) is 3.55. The number of hydrogen-bond acceptors (Lipinski definition) is 3. The predicted molar refractivity (Wildman–Crippen MR) is 78.3 cm³/mol. The summed E-state index contributed by atoms with van der Waals surface area (Å²) in [6.07, 6.45) is 2.94. The highest BCUT2D eigenvalue weighted by Gasteiger charge is 2.46. The first-order valence-corrected chi connectivity index (χ1v) is 7.23. The number of aromatic hydroxyl groups is 1. The summed E-state index contributed by atoms with van der Waals surface area (Å²) in [5.74, 6) is -1.78. The highest BCUT2D eigenvalue weighted by atomic mass is 16.4. The van der Waals surface area contributed by atoms with E-state index in [4.69, 9.17) is 0 Å². The molecule has 0 saturated heterocycles. The average Bonchev–Trinajstić information content (AvgIpc) is 2.44. The lowest BCUT2D eigenvalue weighted by Gasteiger charge is -2.39. The Morgan fingerprint density at radius 2 is 2.05 bits per heavy atom. The van der Waals surface area contributed by atoms with Gasteiger partial charge in [0.2, 0.25) is 0 Å². The average molecular weight is 291 g/mol. The van der Waals surface area contributed by atoms with Crippen molar-refractivity contribution in [3.63, 3.8) is 0 Å². The molecular formula is C16H21NO4. The van der Waals surface area contributed by atoms with Crippen molar-refractivity contribution in [1.82, 2.24) is 5.32 Å². The van der Waals surface area contributed by atoms with E-state index in [-0.39, 0.29) is 17.2 Å². The maximum Gasteiger partial charge on any atom is 0.329 e. The predicted octanol–water partition coefficient (Wildman–Crippen LogP) is 2.46. The summed E-state index contributed by atoms with van der Waals surface area (Å²) in [5.41, 5.74) is -0.539. The van der Waals surface area contributed by atoms with Crippen LogP contribution in [0.1, 0.15) is 48.5 Å². The van der Waals surface area contributed by atoms with Crippen molar-refractivity contribution in [1.29, 1.82) is 0 Å². The van der Waals surface area contributed by atoms with Gasteiger partial charge in [-0.15, -0.1) is 0 Å². The molecule has 2 atom stereocenters. The number of para-hydroxylation sites is 1. The van der Waals surface area contributed by atoms with Gasteiger partial charge in [0.05, 0.1) is 5.56 Å². The normalized spacial score (nSPS) is 25.3. The number of carboxylic acids is 1. The first-order chi connectivity index (χ1) is 9.88. The summed E-state index contributed by atoms with van der Waals surface area (Å²) in [5, 5.41) is 22.2. The number of carbonyl (C=O) groups excluding carboxylic acids is 1. The van der Waals surface area contributed by atoms with Crippen molar-refractivity contribution >= 4 is 11.9 Å². The van der Waals surface area contributed by atoms with E-state index in [9.17, 15) is 19.8 Å². The number of amides is 1. The van der Waals surface area contributed by atoms with Gasteiger partial charge < -0.3 is 15.5 Å². The van der Waals surface area contributed by atoms with Gasteiger partial charge in [-0.3, -0.25) is 4.79 Å². The van der Waals surface area contributed by atoms with Crippen molar-refractivity contribution < 1.29 is 19.8 Å². The van der Waals surface area contributed by atoms with Gasteiger partial charge in [-0.05, 0) is 37.3 Å². The molecule has 2 unspecified atom stereocenters. The highest BCUT2D eigenvalue weighted by Crippen LogP contribution is 2.34. The van der Waals surface area contributed by atoms with Crippen molar-refractivity contribution in [3.8, 4) is 5.75 Å². The molecule has 21 heavy (non-hydrogen) atoms. The molecule has 1 saturated carbocycles. The molecule has 0 aromatic heterocycles. The molecular weight excluding hydrogens is 270 g/mol. The molecule has 1 aliphatic rings. The fraction of sp³-hybridized carbons (Fsp3) is 0.500. The van der Waals surface area contributed by atoms with E-state index in [0.29, 0.717) is 12.0 Å². The van der Waals surface area contributed by atoms with E-state index >= 15 is 0 Å². The van der Waals surface area contributed by atoms with Crippen LogP contribution in [0.2, 0.25) is 0 Å². The first kappa shape index (κ1) is 15.4. The van der Waals surface area contributed by atoms with Crippen LogP contribution >= 0.6 is 0 Å². The molecule has 1 aromatic carbocycles. The Hall–Kier alpha value is -2.04. The Balaban J connectivity index is 2.31. The van der Waals surface area contributed by atoms with Gasteiger partial charge in [-0.1, -0.05) is 31.9 Å². The van der Waals surface area contributed by atoms with E-state index < -0.39 is 17.4 Å². The van der Waals surface area contributed by atoms with E-state index in [1.165, 1.54) is 6.07 Å². The van der Waals surface area contributed by atoms with Gasteiger partial charge in [-0.2, -0.15) is 0 Å². The zero-order chi connectivity index (χ0) is 15.6. The molecule has 1 amide bonds. The Morgan fingerprint density at radius 3 is 2.67 bits per heavy atom. The minimum Gasteiger partial charge on any atom is -0.507 e. The number of rotatable bonds is 3. The van der Waals surface area contributed by atoms with Crippen molar-refractivity contribution in [3.05, 3.63) is 29.3 Å². The van der Waals surface area contributed by atoms with E-state index in [0.717, 1.165) is 19.3 Å². The molecule has 5 nitrogen and oxygen atoms in total. The lowest BCUT2D eigenvalue weighted by atomic mass is 9.73. The van der Waals surface area contributed by atoms with Gasteiger partial charge in [0.1, 0.15) is 11.3 Å². The summed E-state index contributed by atoms with van der Waals surface area (Å²) in [7, 11) is 0. The smallest absolute Gasteiger partial charge is 0.329 e. The van der Waals surface area contributed by atoms with E-state index in [2.05, 4.69) is 5.32 Å². The molecule has 0 heterocycles. The van der Waals surface area contributed by atoms with Crippen LogP contribution in [0.4, 0.5) is 0 Å². The summed E-state index contributed by atoms with van der Waals surface area (Å²) >= 11 is 0. The minimum absolute atomic E-state index is 0.0981. The van der Waals surface area contributed by atoms with Crippen LogP contribution in [0.25, 0.3) is 0 Å². The number of aliphatic carboxylic acids is 1. The lowest BCUT2D eigenvalue weighted by Crippen LogP contribution is -2.60. The molecule has 5 heteroatoms. The summed E-state index contributed by atoms with van der Waals surface area (Å²) < 4.78 is 0. The number of carboxylic acid groups (broad SMARTS) is 1. The number of hydrogen-bond donors (Lipinski definition) is 3. The third kappa shape index (κ3) is 2.73. The second-order valence-corrected chi connectivity index (χ2v) is 5.85. The molecule has 1 fully saturated rings. The first-order valence-electron chi connectivity index (χ1n) is 7.23. The number of aryl methyl sites for hydroxylation is 1. The third-order valence-electron chi connectivity index (χ3n) is 4.50. The second-order valence-electron chi connectivity index (χ2n) is 5.85. The Labute approximate surface area is 124 Å². The monoisotopic (exact) mass is 291 g/mol. The number of benzene rings is 1. The zero-order valence-corrected chi connectivity index (χ0v) is 12.3. The number of phenolic OH excluding ortho intramolecular Hbond substituents is 1. The molecule has 0 bridgehead atoms. The second kappa shape index (κ2) is 5.76. The quantitative estimate of drug-likeness (QED) is 0.798. The van der Waals surface area contributed by atoms with Gasteiger partial charge >= 0.3 is 5.97 Å². The molecule has 114 valence electrons. The molecule has 0 spiro atoms. The number of phenols is 1. The van der Waals surface area contributed by atoms with Gasteiger partial charge in [-0.25, -0.2) is 4.79 Å². The molecule has 1 aromatic rings. The zero-order valence-electron chi connectivity index (χ0n) is 12.3. The van der Waals surface area contributed by atoms with E-state index in [1.54, 1.807) is 19.1 Å². The lowest BCUT2D eigenvalue weighted by molar-refractivity contribution is -0.148. The van der Waals surface area contributed by atoms with Crippen LogP contribution in [0, 0.1) is 12.8 Å². The van der Waals surface area contributed by atoms with Gasteiger partial charge in [0.25, 0.3) is 5.91 Å². The summed E-state index contributed by atoms with van der Waals surface area (Å²) in [4.78, 5) is 24.1. The summed E-state index contributed by atoms with van der Waals surface area (Å²) in [6, 6.07) is 4.87. The number of nitrogens with one attached hydrogen (secondary N) is 1. The fourth-order valence-corrected chi connectivity index (χ4v) is 3.02. The molecule has 0 aliphatic heterocycles. The van der Waals surface area contributed by atoms with Crippen molar-refractivity contribution in [2.24, 2.45) is 5.92 Å². The number of carbonyl (C=O) groups is 2. The van der Waals surface area contributed by atoms with Crippen LogP contribution in [0.5, 0.6) is 5.75 Å². The maximum atomic E-state index is 12.4. The van der Waals surface area contributed by atoms with Crippen LogP contribution in [-0.4, -0.2) is 27.6 Å². The van der Waals surface area contributed by atoms with Crippen LogP contribution in [0.3, 0.4) is 0 Å². The topological polar surface area (TPSA) is 86.6 Å². The SMILES string of the molecule is Cc1cccc(C(=O)NC2(C(=O)O)CCCCC2C)c1O. The van der Waals surface area contributed by atoms with Crippen LogP contribution in [-0.2, 0) is 4.79 Å². The van der Waals surface area contributed by atoms with Crippen LogP contribution < -0.4 is 5.32 Å². The minimum atomic E-state index is -1.24. The van der Waals surface area contributed by atoms with E-state index in [1.807, 2.05) is 6.92 Å². The largest absolute Gasteiger partial charge is 0.507 e. The molecule has 2 rings (SSSR count). The van der Waals surface area contributed by atoms with Gasteiger partial charge in [0, 0.05) is 0 Å². The van der Waals surface area contributed by atoms with Crippen molar-refractivity contribution in [2.75, 3.05) is 0 Å².